The molecule has 3 nitrogen and oxygen atoms in total. The summed E-state index contributed by atoms with van der Waals surface area (Å²) in [7, 11) is -3.49. The van der Waals surface area contributed by atoms with Crippen LogP contribution < -0.4 is 4.72 Å². The second-order valence-corrected chi connectivity index (χ2v) is 8.33. The second kappa shape index (κ2) is 4.67. The van der Waals surface area contributed by atoms with Gasteiger partial charge in [-0.25, -0.2) is 13.1 Å². The SMILES string of the molecule is Cc1ccc(S(=O)(=O)NC(c2ccccc2)C23CC2C3)cc1. The molecular formula is C18H19NO2S. The normalized spacial score (nSPS) is 27.0. The maximum absolute atomic E-state index is 12.7. The van der Waals surface area contributed by atoms with Crippen LogP contribution in [0.25, 0.3) is 0 Å². The molecule has 1 N–H and O–H groups in total. The molecule has 0 aliphatic heterocycles. The Labute approximate surface area is 131 Å². The van der Waals surface area contributed by atoms with Gasteiger partial charge in [0.2, 0.25) is 10.0 Å². The molecule has 0 bridgehead atoms. The summed E-state index contributed by atoms with van der Waals surface area (Å²) in [5.41, 5.74) is 2.30. The molecule has 0 spiro atoms. The molecule has 0 saturated heterocycles. The molecule has 114 valence electrons. The van der Waals surface area contributed by atoms with Crippen LogP contribution >= 0.6 is 0 Å². The number of hydrogen-bond donors (Lipinski definition) is 1. The highest BCUT2D eigenvalue weighted by molar-refractivity contribution is 7.89. The van der Waals surface area contributed by atoms with E-state index in [2.05, 4.69) is 4.72 Å². The Morgan fingerprint density at radius 1 is 1.05 bits per heavy atom. The Balaban J connectivity index is 1.66. The highest BCUT2D eigenvalue weighted by Crippen LogP contribution is 2.80. The summed E-state index contributed by atoms with van der Waals surface area (Å²) in [6.07, 6.45) is 2.28. The van der Waals surface area contributed by atoms with Crippen molar-refractivity contribution in [2.75, 3.05) is 0 Å². The largest absolute Gasteiger partial charge is 0.241 e. The summed E-state index contributed by atoms with van der Waals surface area (Å²) in [4.78, 5) is 0.341. The summed E-state index contributed by atoms with van der Waals surface area (Å²) in [6.45, 7) is 1.95. The number of rotatable bonds is 5. The number of sulfonamides is 1. The van der Waals surface area contributed by atoms with Crippen molar-refractivity contribution < 1.29 is 8.42 Å². The molecule has 2 fully saturated rings. The summed E-state index contributed by atoms with van der Waals surface area (Å²) in [5.74, 6) is 0.707. The van der Waals surface area contributed by atoms with Gasteiger partial charge in [0, 0.05) is 0 Å². The molecule has 0 radical (unpaired) electrons. The predicted octanol–water partition coefficient (Wildman–Crippen LogP) is 3.42. The number of fused-ring (bicyclic) bond motifs is 1. The minimum absolute atomic E-state index is 0.106. The van der Waals surface area contributed by atoms with Gasteiger partial charge in [0.1, 0.15) is 0 Å². The molecule has 2 aromatic carbocycles. The maximum atomic E-state index is 12.7. The third-order valence-corrected chi connectivity index (χ3v) is 6.50. The third-order valence-electron chi connectivity index (χ3n) is 5.06. The Hall–Kier alpha value is -1.65. The third kappa shape index (κ3) is 2.27. The first-order valence-electron chi connectivity index (χ1n) is 7.65. The van der Waals surface area contributed by atoms with E-state index in [4.69, 9.17) is 0 Å². The molecule has 1 unspecified atom stereocenters. The van der Waals surface area contributed by atoms with E-state index in [0.29, 0.717) is 10.8 Å². The van der Waals surface area contributed by atoms with E-state index in [1.807, 2.05) is 49.4 Å². The lowest BCUT2D eigenvalue weighted by Crippen LogP contribution is -2.32. The van der Waals surface area contributed by atoms with Crippen molar-refractivity contribution in [1.29, 1.82) is 0 Å². The monoisotopic (exact) mass is 313 g/mol. The Bertz CT molecular complexity index is 791. The first kappa shape index (κ1) is 14.0. The average molecular weight is 313 g/mol. The summed E-state index contributed by atoms with van der Waals surface area (Å²) >= 11 is 0. The van der Waals surface area contributed by atoms with Gasteiger partial charge in [0.05, 0.1) is 10.9 Å². The Morgan fingerprint density at radius 2 is 1.64 bits per heavy atom. The van der Waals surface area contributed by atoms with Crippen molar-refractivity contribution in [3.8, 4) is 0 Å². The molecular weight excluding hydrogens is 294 g/mol. The highest BCUT2D eigenvalue weighted by Gasteiger charge is 2.73. The zero-order chi connectivity index (χ0) is 15.4. The number of hydrogen-bond acceptors (Lipinski definition) is 2. The van der Waals surface area contributed by atoms with Crippen LogP contribution in [0.2, 0.25) is 0 Å². The van der Waals surface area contributed by atoms with Gasteiger partial charge in [-0.1, -0.05) is 48.0 Å². The van der Waals surface area contributed by atoms with E-state index in [1.54, 1.807) is 12.1 Å². The Kier molecular flexibility index (Phi) is 2.97. The van der Waals surface area contributed by atoms with Crippen LogP contribution in [-0.4, -0.2) is 8.42 Å². The average Bonchev–Trinajstić information content (AvgIpc) is 3.36. The van der Waals surface area contributed by atoms with Gasteiger partial charge >= 0.3 is 0 Å². The van der Waals surface area contributed by atoms with E-state index >= 15 is 0 Å². The predicted molar refractivity (Wildman–Crippen MR) is 85.8 cm³/mol. The van der Waals surface area contributed by atoms with Crippen LogP contribution in [0.1, 0.15) is 30.0 Å². The lowest BCUT2D eigenvalue weighted by molar-refractivity contribution is 0.463. The summed E-state index contributed by atoms with van der Waals surface area (Å²) < 4.78 is 28.4. The number of nitrogens with one attached hydrogen (secondary N) is 1. The first-order chi connectivity index (χ1) is 10.5. The number of aryl methyl sites for hydroxylation is 1. The van der Waals surface area contributed by atoms with Crippen molar-refractivity contribution in [3.05, 3.63) is 65.7 Å². The van der Waals surface area contributed by atoms with Crippen molar-refractivity contribution in [2.45, 2.75) is 30.7 Å². The van der Waals surface area contributed by atoms with E-state index in [1.165, 1.54) is 0 Å². The summed E-state index contributed by atoms with van der Waals surface area (Å²) in [6, 6.07) is 16.9. The molecule has 4 rings (SSSR count). The quantitative estimate of drug-likeness (QED) is 0.919. The zero-order valence-corrected chi connectivity index (χ0v) is 13.3. The maximum Gasteiger partial charge on any atom is 0.241 e. The van der Waals surface area contributed by atoms with Gasteiger partial charge in [-0.05, 0) is 48.8 Å². The molecule has 0 heterocycles. The van der Waals surface area contributed by atoms with E-state index in [0.717, 1.165) is 24.0 Å². The molecule has 0 aromatic heterocycles. The van der Waals surface area contributed by atoms with E-state index < -0.39 is 10.0 Å². The van der Waals surface area contributed by atoms with Gasteiger partial charge in [-0.2, -0.15) is 0 Å². The van der Waals surface area contributed by atoms with Crippen LogP contribution in [0.15, 0.2) is 59.5 Å². The van der Waals surface area contributed by atoms with Crippen LogP contribution in [-0.2, 0) is 10.0 Å². The molecule has 2 aliphatic rings. The zero-order valence-electron chi connectivity index (χ0n) is 12.5. The van der Waals surface area contributed by atoms with Crippen molar-refractivity contribution in [2.24, 2.45) is 11.3 Å². The molecule has 1 atom stereocenters. The van der Waals surface area contributed by atoms with Gasteiger partial charge in [0.25, 0.3) is 0 Å². The first-order valence-corrected chi connectivity index (χ1v) is 9.14. The minimum Gasteiger partial charge on any atom is -0.207 e. The molecule has 2 saturated carbocycles. The summed E-state index contributed by atoms with van der Waals surface area (Å²) in [5, 5.41) is 0. The Morgan fingerprint density at radius 3 is 2.18 bits per heavy atom. The standard InChI is InChI=1S/C18H19NO2S/c1-13-7-9-16(10-8-13)22(20,21)19-17(18-11-15(18)12-18)14-5-3-2-4-6-14/h2-10,15,17,19H,11-12H2,1H3. The molecule has 2 aliphatic carbocycles. The highest BCUT2D eigenvalue weighted by atomic mass is 32.2. The van der Waals surface area contributed by atoms with Crippen LogP contribution in [0.4, 0.5) is 0 Å². The fourth-order valence-corrected chi connectivity index (χ4v) is 4.63. The van der Waals surface area contributed by atoms with Crippen LogP contribution in [0.5, 0.6) is 0 Å². The van der Waals surface area contributed by atoms with Crippen LogP contribution in [0, 0.1) is 18.3 Å². The van der Waals surface area contributed by atoms with Crippen molar-refractivity contribution in [3.63, 3.8) is 0 Å². The van der Waals surface area contributed by atoms with E-state index in [9.17, 15) is 8.42 Å². The van der Waals surface area contributed by atoms with Gasteiger partial charge in [-0.3, -0.25) is 0 Å². The molecule has 0 amide bonds. The second-order valence-electron chi connectivity index (χ2n) is 6.62. The molecule has 4 heteroatoms. The molecule has 2 aromatic rings. The fourth-order valence-electron chi connectivity index (χ4n) is 3.31. The van der Waals surface area contributed by atoms with Crippen LogP contribution in [0.3, 0.4) is 0 Å². The van der Waals surface area contributed by atoms with Crippen molar-refractivity contribution >= 4 is 10.0 Å². The number of benzene rings is 2. The minimum atomic E-state index is -3.49. The van der Waals surface area contributed by atoms with Gasteiger partial charge in [0.15, 0.2) is 0 Å². The fraction of sp³-hybridized carbons (Fsp3) is 0.333. The van der Waals surface area contributed by atoms with Gasteiger partial charge in [-0.15, -0.1) is 0 Å². The lowest BCUT2D eigenvalue weighted by atomic mass is 9.97. The topological polar surface area (TPSA) is 46.2 Å². The molecule has 22 heavy (non-hydrogen) atoms. The smallest absolute Gasteiger partial charge is 0.207 e. The van der Waals surface area contributed by atoms with Crippen molar-refractivity contribution in [1.82, 2.24) is 4.72 Å². The van der Waals surface area contributed by atoms with Gasteiger partial charge < -0.3 is 0 Å². The van der Waals surface area contributed by atoms with E-state index in [-0.39, 0.29) is 11.5 Å². The lowest BCUT2D eigenvalue weighted by Gasteiger charge is -2.22.